The van der Waals surface area contributed by atoms with Crippen LogP contribution < -0.4 is 0 Å². The molecule has 0 aromatic heterocycles. The summed E-state index contributed by atoms with van der Waals surface area (Å²) >= 11 is 0. The van der Waals surface area contributed by atoms with Gasteiger partial charge >= 0.3 is 5.97 Å². The summed E-state index contributed by atoms with van der Waals surface area (Å²) < 4.78 is 0. The fraction of sp³-hybridized carbons (Fsp3) is 0.767. The van der Waals surface area contributed by atoms with E-state index in [0.29, 0.717) is 24.0 Å². The van der Waals surface area contributed by atoms with E-state index in [4.69, 9.17) is 5.11 Å². The van der Waals surface area contributed by atoms with Gasteiger partial charge in [0.05, 0.1) is 0 Å². The van der Waals surface area contributed by atoms with Crippen molar-refractivity contribution >= 4 is 5.97 Å². The van der Waals surface area contributed by atoms with Crippen molar-refractivity contribution in [1.82, 2.24) is 4.90 Å². The third-order valence-electron chi connectivity index (χ3n) is 6.57. The van der Waals surface area contributed by atoms with Crippen molar-refractivity contribution in [3.05, 3.63) is 29.8 Å². The Balaban J connectivity index is 0.000000644. The lowest BCUT2D eigenvalue weighted by atomic mass is 9.85. The van der Waals surface area contributed by atoms with Crippen LogP contribution in [0.5, 0.6) is 5.75 Å². The molecule has 0 spiro atoms. The molecule has 0 fully saturated rings. The minimum atomic E-state index is -0.655. The molecule has 0 heterocycles. The van der Waals surface area contributed by atoms with E-state index in [-0.39, 0.29) is 0 Å². The van der Waals surface area contributed by atoms with Gasteiger partial charge < -0.3 is 15.1 Å². The number of carboxylic acids is 1. The van der Waals surface area contributed by atoms with Crippen molar-refractivity contribution in [2.45, 2.75) is 123 Å². The maximum atomic E-state index is 10.3. The second kappa shape index (κ2) is 21.9. The highest BCUT2D eigenvalue weighted by molar-refractivity contribution is 5.66. The van der Waals surface area contributed by atoms with Gasteiger partial charge in [-0.15, -0.1) is 0 Å². The fourth-order valence-electron chi connectivity index (χ4n) is 4.72. The molecular formula is C30H55NO3. The average molecular weight is 478 g/mol. The maximum absolute atomic E-state index is 10.3. The Morgan fingerprint density at radius 2 is 1.35 bits per heavy atom. The molecule has 0 radical (unpaired) electrons. The molecule has 0 unspecified atom stereocenters. The highest BCUT2D eigenvalue weighted by Crippen LogP contribution is 2.30. The number of rotatable bonds is 19. The summed E-state index contributed by atoms with van der Waals surface area (Å²) in [5.74, 6) is 0.836. The normalized spacial score (nSPS) is 12.8. The number of unbranched alkanes of at least 4 members (excludes halogenated alkanes) is 12. The van der Waals surface area contributed by atoms with E-state index in [9.17, 15) is 9.90 Å². The monoisotopic (exact) mass is 477 g/mol. The van der Waals surface area contributed by atoms with Gasteiger partial charge in [-0.3, -0.25) is 4.79 Å². The molecular weight excluding hydrogens is 422 g/mol. The van der Waals surface area contributed by atoms with E-state index >= 15 is 0 Å². The predicted octanol–water partition coefficient (Wildman–Crippen LogP) is 8.64. The molecule has 4 heteroatoms. The van der Waals surface area contributed by atoms with Crippen LogP contribution in [0.3, 0.4) is 0 Å². The predicted molar refractivity (Wildman–Crippen MR) is 147 cm³/mol. The lowest BCUT2D eigenvalue weighted by Crippen LogP contribution is -2.24. The first-order valence-electron chi connectivity index (χ1n) is 14.0. The number of aromatic hydroxyl groups is 1. The number of hydrogen-bond donors (Lipinski definition) is 2. The lowest BCUT2D eigenvalue weighted by molar-refractivity contribution is -0.137. The molecule has 198 valence electrons. The molecule has 34 heavy (non-hydrogen) atoms. The van der Waals surface area contributed by atoms with Crippen LogP contribution in [-0.4, -0.2) is 41.7 Å². The molecule has 0 aliphatic heterocycles. The highest BCUT2D eigenvalue weighted by atomic mass is 16.4. The zero-order valence-electron chi connectivity index (χ0n) is 23.0. The van der Waals surface area contributed by atoms with Gasteiger partial charge in [-0.25, -0.2) is 0 Å². The molecule has 0 bridgehead atoms. The number of nitrogens with zero attached hydrogens (tertiary/aromatic N) is 1. The van der Waals surface area contributed by atoms with Crippen molar-refractivity contribution in [3.8, 4) is 5.75 Å². The Morgan fingerprint density at radius 1 is 0.853 bits per heavy atom. The minimum absolute atomic E-state index is 0.345. The smallest absolute Gasteiger partial charge is 0.303 e. The number of hydrogen-bond acceptors (Lipinski definition) is 3. The molecule has 0 amide bonds. The number of phenols is 1. The summed E-state index contributed by atoms with van der Waals surface area (Å²) in [6, 6.07) is 7.66. The maximum Gasteiger partial charge on any atom is 0.303 e. The van der Waals surface area contributed by atoms with Gasteiger partial charge in [0, 0.05) is 13.0 Å². The lowest BCUT2D eigenvalue weighted by Gasteiger charge is -2.26. The summed E-state index contributed by atoms with van der Waals surface area (Å²) in [5.41, 5.74) is 1.25. The van der Waals surface area contributed by atoms with E-state index in [1.807, 2.05) is 12.1 Å². The molecule has 1 rings (SSSR count). The van der Waals surface area contributed by atoms with Gasteiger partial charge in [-0.1, -0.05) is 110 Å². The topological polar surface area (TPSA) is 60.8 Å². The third kappa shape index (κ3) is 18.8. The third-order valence-corrected chi connectivity index (χ3v) is 6.57. The molecule has 2 N–H and O–H groups in total. The molecule has 2 atom stereocenters. The zero-order valence-corrected chi connectivity index (χ0v) is 23.0. The van der Waals surface area contributed by atoms with Crippen molar-refractivity contribution in [1.29, 1.82) is 0 Å². The first kappa shape index (κ1) is 32.5. The van der Waals surface area contributed by atoms with Crippen molar-refractivity contribution in [3.63, 3.8) is 0 Å². The number of carboxylic acid groups (broad SMARTS) is 1. The molecule has 0 saturated heterocycles. The van der Waals surface area contributed by atoms with E-state index in [1.54, 1.807) is 6.07 Å². The number of aliphatic carboxylic acids is 1. The second-order valence-electron chi connectivity index (χ2n) is 10.2. The van der Waals surface area contributed by atoms with Crippen LogP contribution in [0, 0.1) is 5.92 Å². The Kier molecular flexibility index (Phi) is 20.9. The van der Waals surface area contributed by atoms with Gasteiger partial charge in [-0.2, -0.15) is 0 Å². The summed E-state index contributed by atoms with van der Waals surface area (Å²) in [4.78, 5) is 12.5. The van der Waals surface area contributed by atoms with E-state index in [1.165, 1.54) is 76.2 Å². The van der Waals surface area contributed by atoms with Gasteiger partial charge in [0.2, 0.25) is 0 Å². The van der Waals surface area contributed by atoms with E-state index in [2.05, 4.69) is 45.8 Å². The summed E-state index contributed by atoms with van der Waals surface area (Å²) in [5, 5.41) is 18.0. The standard InChI is InChI=1S/C16H32O2.C14H23NO/c1-2-3-4-5-6-7-8-9-10-11-12-13-14-15-16(17)18;1-5-14(11(2)10-15(3)4)12-7-6-8-13(16)9-12/h2-15H2,1H3,(H,17,18);6-9,11,14,16H,5,10H2,1-4H3/t;11-,14+/m.0/s1. The largest absolute Gasteiger partial charge is 0.508 e. The van der Waals surface area contributed by atoms with Crippen LogP contribution in [0.1, 0.15) is 129 Å². The molecule has 4 nitrogen and oxygen atoms in total. The van der Waals surface area contributed by atoms with Crippen LogP contribution in [0.15, 0.2) is 24.3 Å². The molecule has 1 aromatic rings. The number of phenolic OH excluding ortho intramolecular Hbond substituents is 1. The van der Waals surface area contributed by atoms with Gasteiger partial charge in [0.25, 0.3) is 0 Å². The van der Waals surface area contributed by atoms with E-state index in [0.717, 1.165) is 25.8 Å². The molecule has 0 aliphatic rings. The Morgan fingerprint density at radius 3 is 1.76 bits per heavy atom. The first-order chi connectivity index (χ1) is 16.3. The van der Waals surface area contributed by atoms with Crippen molar-refractivity contribution in [2.24, 2.45) is 5.92 Å². The molecule has 0 saturated carbocycles. The SMILES string of the molecule is CCCCCCCCCCCCCCCC(=O)O.CC[C@@H](c1cccc(O)c1)[C@@H](C)CN(C)C. The molecule has 0 aliphatic carbocycles. The first-order valence-corrected chi connectivity index (χ1v) is 14.0. The van der Waals surface area contributed by atoms with Gasteiger partial charge in [0.15, 0.2) is 0 Å². The summed E-state index contributed by atoms with van der Waals surface area (Å²) in [7, 11) is 4.21. The van der Waals surface area contributed by atoms with E-state index < -0.39 is 5.97 Å². The quantitative estimate of drug-likeness (QED) is 0.196. The minimum Gasteiger partial charge on any atom is -0.508 e. The van der Waals surface area contributed by atoms with Gasteiger partial charge in [-0.05, 0) is 56.5 Å². The van der Waals surface area contributed by atoms with Crippen molar-refractivity contribution < 1.29 is 15.0 Å². The number of benzene rings is 1. The Hall–Kier alpha value is -1.55. The van der Waals surface area contributed by atoms with Gasteiger partial charge in [0.1, 0.15) is 5.75 Å². The number of carbonyl (C=O) groups is 1. The van der Waals surface area contributed by atoms with Crippen molar-refractivity contribution in [2.75, 3.05) is 20.6 Å². The van der Waals surface area contributed by atoms with Crippen LogP contribution >= 0.6 is 0 Å². The zero-order chi connectivity index (χ0) is 25.6. The second-order valence-corrected chi connectivity index (χ2v) is 10.2. The van der Waals surface area contributed by atoms with Crippen LogP contribution in [-0.2, 0) is 4.79 Å². The van der Waals surface area contributed by atoms with Crippen LogP contribution in [0.25, 0.3) is 0 Å². The fourth-order valence-corrected chi connectivity index (χ4v) is 4.72. The average Bonchev–Trinajstić information content (AvgIpc) is 2.77. The highest BCUT2D eigenvalue weighted by Gasteiger charge is 2.18. The summed E-state index contributed by atoms with van der Waals surface area (Å²) in [6.45, 7) is 7.82. The Bertz CT molecular complexity index is 602. The molecule has 1 aromatic carbocycles. The summed E-state index contributed by atoms with van der Waals surface area (Å²) in [6.07, 6.45) is 18.4. The van der Waals surface area contributed by atoms with Crippen LogP contribution in [0.4, 0.5) is 0 Å². The Labute approximate surface area is 211 Å². The van der Waals surface area contributed by atoms with Crippen LogP contribution in [0.2, 0.25) is 0 Å².